The average Bonchev–Trinajstić information content (AvgIpc) is 3.11. The zero-order valence-electron chi connectivity index (χ0n) is 10.7. The molecule has 0 saturated heterocycles. The third kappa shape index (κ3) is 2.93. The van der Waals surface area contributed by atoms with Gasteiger partial charge in [-0.15, -0.1) is 11.3 Å². The van der Waals surface area contributed by atoms with Gasteiger partial charge in [-0.1, -0.05) is 30.5 Å². The minimum absolute atomic E-state index is 0.365. The molecule has 2 aromatic rings. The number of hydrogen-bond acceptors (Lipinski definition) is 3. The molecule has 0 amide bonds. The molecule has 1 atom stereocenters. The van der Waals surface area contributed by atoms with Crippen molar-refractivity contribution in [2.75, 3.05) is 5.32 Å². The number of anilines is 1. The Balaban J connectivity index is 1.85. The molecule has 4 heteroatoms. The lowest BCUT2D eigenvalue weighted by atomic mass is 9.96. The van der Waals surface area contributed by atoms with E-state index in [0.717, 1.165) is 10.7 Å². The number of thiophene rings is 1. The smallest absolute Gasteiger partial charge is 0.0721 e. The number of halogens is 1. The first-order chi connectivity index (χ1) is 9.34. The highest BCUT2D eigenvalue weighted by atomic mass is 35.5. The molecule has 0 radical (unpaired) electrons. The van der Waals surface area contributed by atoms with Crippen molar-refractivity contribution in [1.82, 2.24) is 4.98 Å². The first-order valence-electron chi connectivity index (χ1n) is 6.74. The molecule has 1 aliphatic rings. The summed E-state index contributed by atoms with van der Waals surface area (Å²) >= 11 is 8.05. The maximum Gasteiger partial charge on any atom is 0.0721 e. The van der Waals surface area contributed by atoms with Gasteiger partial charge >= 0.3 is 0 Å². The van der Waals surface area contributed by atoms with E-state index in [1.807, 2.05) is 23.6 Å². The fraction of sp³-hybridized carbons (Fsp3) is 0.400. The van der Waals surface area contributed by atoms with Crippen molar-refractivity contribution in [3.8, 4) is 0 Å². The van der Waals surface area contributed by atoms with Gasteiger partial charge in [-0.05, 0) is 36.3 Å². The van der Waals surface area contributed by atoms with Crippen molar-refractivity contribution in [2.45, 2.75) is 31.7 Å². The van der Waals surface area contributed by atoms with E-state index < -0.39 is 0 Å². The molecule has 0 bridgehead atoms. The second-order valence-corrected chi connectivity index (χ2v) is 6.42. The minimum atomic E-state index is 0.365. The Morgan fingerprint density at radius 3 is 2.84 bits per heavy atom. The number of aromatic nitrogens is 1. The van der Waals surface area contributed by atoms with Crippen LogP contribution in [-0.4, -0.2) is 4.98 Å². The average molecular weight is 293 g/mol. The van der Waals surface area contributed by atoms with Crippen LogP contribution >= 0.6 is 22.9 Å². The van der Waals surface area contributed by atoms with E-state index >= 15 is 0 Å². The van der Waals surface area contributed by atoms with Crippen LogP contribution in [0.2, 0.25) is 5.02 Å². The van der Waals surface area contributed by atoms with Crippen molar-refractivity contribution in [2.24, 2.45) is 5.92 Å². The lowest BCUT2D eigenvalue weighted by Gasteiger charge is -2.25. The minimum Gasteiger partial charge on any atom is -0.375 e. The fourth-order valence-corrected chi connectivity index (χ4v) is 3.86. The Kier molecular flexibility index (Phi) is 4.04. The Bertz CT molecular complexity index is 521. The maximum atomic E-state index is 6.24. The van der Waals surface area contributed by atoms with Crippen molar-refractivity contribution in [3.05, 3.63) is 45.9 Å². The molecule has 3 rings (SSSR count). The van der Waals surface area contributed by atoms with Crippen LogP contribution < -0.4 is 5.32 Å². The molecule has 0 aromatic carbocycles. The van der Waals surface area contributed by atoms with E-state index in [0.29, 0.717) is 12.0 Å². The highest BCUT2D eigenvalue weighted by molar-refractivity contribution is 7.10. The summed E-state index contributed by atoms with van der Waals surface area (Å²) in [6, 6.07) is 6.54. The summed E-state index contributed by atoms with van der Waals surface area (Å²) in [6.45, 7) is 0. The fourth-order valence-electron chi connectivity index (χ4n) is 2.83. The summed E-state index contributed by atoms with van der Waals surface area (Å²) in [5.74, 6) is 0.704. The molecule has 19 heavy (non-hydrogen) atoms. The number of nitrogens with zero attached hydrogens (tertiary/aromatic N) is 1. The molecule has 0 aliphatic heterocycles. The zero-order chi connectivity index (χ0) is 13.1. The molecule has 2 heterocycles. The summed E-state index contributed by atoms with van der Waals surface area (Å²) in [5, 5.41) is 6.50. The van der Waals surface area contributed by atoms with Crippen molar-refractivity contribution in [3.63, 3.8) is 0 Å². The summed E-state index contributed by atoms with van der Waals surface area (Å²) in [7, 11) is 0. The van der Waals surface area contributed by atoms with Crippen LogP contribution in [0.3, 0.4) is 0 Å². The largest absolute Gasteiger partial charge is 0.375 e. The van der Waals surface area contributed by atoms with Crippen molar-refractivity contribution >= 4 is 28.6 Å². The van der Waals surface area contributed by atoms with Gasteiger partial charge in [-0.2, -0.15) is 0 Å². The lowest BCUT2D eigenvalue weighted by molar-refractivity contribution is 0.475. The van der Waals surface area contributed by atoms with Gasteiger partial charge in [-0.3, -0.25) is 4.98 Å². The quantitative estimate of drug-likeness (QED) is 0.844. The molecule has 1 fully saturated rings. The second-order valence-electron chi connectivity index (χ2n) is 5.04. The van der Waals surface area contributed by atoms with Gasteiger partial charge in [0, 0.05) is 11.1 Å². The Morgan fingerprint density at radius 2 is 2.16 bits per heavy atom. The third-order valence-electron chi connectivity index (χ3n) is 3.80. The van der Waals surface area contributed by atoms with Gasteiger partial charge < -0.3 is 5.32 Å². The standard InChI is InChI=1S/C15H17ClN2S/c16-12-7-8-17-10-13(12)18-15(11-4-1-2-5-11)14-6-3-9-19-14/h3,6-11,15,18H,1-2,4-5H2. The monoisotopic (exact) mass is 292 g/mol. The highest BCUT2D eigenvalue weighted by Gasteiger charge is 2.27. The van der Waals surface area contributed by atoms with Gasteiger partial charge in [-0.25, -0.2) is 0 Å². The van der Waals surface area contributed by atoms with E-state index in [1.165, 1.54) is 30.6 Å². The number of nitrogens with one attached hydrogen (secondary N) is 1. The summed E-state index contributed by atoms with van der Waals surface area (Å²) in [4.78, 5) is 5.56. The van der Waals surface area contributed by atoms with Crippen LogP contribution in [0, 0.1) is 5.92 Å². The molecule has 0 spiro atoms. The van der Waals surface area contributed by atoms with Crippen LogP contribution in [0.5, 0.6) is 0 Å². The molecule has 100 valence electrons. The van der Waals surface area contributed by atoms with E-state index in [2.05, 4.69) is 27.8 Å². The summed E-state index contributed by atoms with van der Waals surface area (Å²) in [6.07, 6.45) is 8.83. The first-order valence-corrected chi connectivity index (χ1v) is 8.00. The van der Waals surface area contributed by atoms with E-state index in [-0.39, 0.29) is 0 Å². The van der Waals surface area contributed by atoms with Crippen LogP contribution in [0.4, 0.5) is 5.69 Å². The zero-order valence-corrected chi connectivity index (χ0v) is 12.3. The Hall–Kier alpha value is -1.06. The van der Waals surface area contributed by atoms with Crippen LogP contribution in [0.1, 0.15) is 36.6 Å². The normalized spacial score (nSPS) is 17.5. The molecular weight excluding hydrogens is 276 g/mol. The number of pyridine rings is 1. The predicted molar refractivity (Wildman–Crippen MR) is 81.9 cm³/mol. The summed E-state index contributed by atoms with van der Waals surface area (Å²) in [5.41, 5.74) is 0.939. The van der Waals surface area contributed by atoms with Gasteiger partial charge in [0.1, 0.15) is 0 Å². The molecule has 2 nitrogen and oxygen atoms in total. The first kappa shape index (κ1) is 12.9. The van der Waals surface area contributed by atoms with Gasteiger partial charge in [0.25, 0.3) is 0 Å². The van der Waals surface area contributed by atoms with Crippen LogP contribution in [0.15, 0.2) is 36.0 Å². The predicted octanol–water partition coefficient (Wildman–Crippen LogP) is 5.14. The van der Waals surface area contributed by atoms with Crippen molar-refractivity contribution in [1.29, 1.82) is 0 Å². The molecule has 1 aliphatic carbocycles. The van der Waals surface area contributed by atoms with Gasteiger partial charge in [0.05, 0.1) is 22.9 Å². The molecule has 1 unspecified atom stereocenters. The molecule has 1 saturated carbocycles. The third-order valence-corrected chi connectivity index (χ3v) is 5.08. The molecule has 2 aromatic heterocycles. The van der Waals surface area contributed by atoms with Crippen LogP contribution in [-0.2, 0) is 0 Å². The van der Waals surface area contributed by atoms with Crippen molar-refractivity contribution < 1.29 is 0 Å². The second kappa shape index (κ2) is 5.93. The number of rotatable bonds is 4. The Labute approximate surface area is 122 Å². The lowest BCUT2D eigenvalue weighted by Crippen LogP contribution is -2.18. The van der Waals surface area contributed by atoms with Gasteiger partial charge in [0.15, 0.2) is 0 Å². The summed E-state index contributed by atoms with van der Waals surface area (Å²) < 4.78 is 0. The van der Waals surface area contributed by atoms with E-state index in [4.69, 9.17) is 11.6 Å². The highest BCUT2D eigenvalue weighted by Crippen LogP contribution is 2.40. The van der Waals surface area contributed by atoms with E-state index in [9.17, 15) is 0 Å². The SMILES string of the molecule is Clc1ccncc1NC(c1cccs1)C1CCCC1. The molecule has 1 N–H and O–H groups in total. The molecular formula is C15H17ClN2S. The van der Waals surface area contributed by atoms with Crippen LogP contribution in [0.25, 0.3) is 0 Å². The Morgan fingerprint density at radius 1 is 1.32 bits per heavy atom. The topological polar surface area (TPSA) is 24.9 Å². The maximum absolute atomic E-state index is 6.24. The number of hydrogen-bond donors (Lipinski definition) is 1. The van der Waals surface area contributed by atoms with Gasteiger partial charge in [0.2, 0.25) is 0 Å². The van der Waals surface area contributed by atoms with E-state index in [1.54, 1.807) is 6.20 Å².